The van der Waals surface area contributed by atoms with Gasteiger partial charge in [0.05, 0.1) is 6.20 Å². The van der Waals surface area contributed by atoms with E-state index in [4.69, 9.17) is 5.73 Å². The molecular weight excluding hydrogens is 406 g/mol. The molecule has 10 heteroatoms. The Morgan fingerprint density at radius 1 is 1.17 bits per heavy atom. The van der Waals surface area contributed by atoms with Gasteiger partial charge in [-0.2, -0.15) is 13.2 Å². The zero-order chi connectivity index (χ0) is 20.6. The Morgan fingerprint density at radius 3 is 2.55 bits per heavy atom. The van der Waals surface area contributed by atoms with E-state index in [1.54, 1.807) is 0 Å². The molecule has 2 N–H and O–H groups in total. The predicted octanol–water partition coefficient (Wildman–Crippen LogP) is 4.73. The summed E-state index contributed by atoms with van der Waals surface area (Å²) in [6.07, 6.45) is 1.39. The fourth-order valence-corrected chi connectivity index (χ4v) is 5.08. The molecule has 0 radical (unpaired) electrons. The van der Waals surface area contributed by atoms with Crippen molar-refractivity contribution in [2.24, 2.45) is 5.41 Å². The maximum atomic E-state index is 13.6. The average Bonchev–Trinajstić information content (AvgIpc) is 3.04. The van der Waals surface area contributed by atoms with E-state index < -0.39 is 18.0 Å². The van der Waals surface area contributed by atoms with Gasteiger partial charge in [0.1, 0.15) is 17.0 Å². The summed E-state index contributed by atoms with van der Waals surface area (Å²) in [5.41, 5.74) is 5.12. The van der Waals surface area contributed by atoms with Crippen molar-refractivity contribution in [3.8, 4) is 0 Å². The maximum absolute atomic E-state index is 13.6. The molecule has 0 aromatic carbocycles. The van der Waals surface area contributed by atoms with Crippen LogP contribution in [0, 0.1) is 5.41 Å². The summed E-state index contributed by atoms with van der Waals surface area (Å²) in [7, 11) is 0. The van der Waals surface area contributed by atoms with Gasteiger partial charge in [-0.05, 0) is 49.7 Å². The number of alkyl halides is 4. The van der Waals surface area contributed by atoms with Crippen molar-refractivity contribution >= 4 is 23.4 Å². The molecule has 0 bridgehead atoms. The van der Waals surface area contributed by atoms with Gasteiger partial charge in [-0.15, -0.1) is 0 Å². The van der Waals surface area contributed by atoms with Gasteiger partial charge in [-0.3, -0.25) is 4.98 Å². The molecule has 1 spiro atoms. The number of nitrogens with zero attached hydrogens (tertiary/aromatic N) is 4. The van der Waals surface area contributed by atoms with Crippen LogP contribution in [-0.2, 0) is 6.18 Å². The van der Waals surface area contributed by atoms with Gasteiger partial charge in [0.2, 0.25) is 0 Å². The molecule has 2 aromatic heterocycles. The lowest BCUT2D eigenvalue weighted by molar-refractivity contribution is -0.143. The highest BCUT2D eigenvalue weighted by molar-refractivity contribution is 7.99. The van der Waals surface area contributed by atoms with Crippen LogP contribution in [0.5, 0.6) is 0 Å². The summed E-state index contributed by atoms with van der Waals surface area (Å²) >= 11 is 0.797. The van der Waals surface area contributed by atoms with E-state index in [-0.39, 0.29) is 21.2 Å². The Kier molecular flexibility index (Phi) is 5.30. The number of pyridine rings is 1. The summed E-state index contributed by atoms with van der Waals surface area (Å²) in [6.45, 7) is 1.49. The Hall–Kier alpha value is -2.10. The number of anilines is 2. The molecule has 2 aliphatic rings. The minimum atomic E-state index is -4.56. The highest BCUT2D eigenvalue weighted by Crippen LogP contribution is 2.47. The highest BCUT2D eigenvalue weighted by atomic mass is 32.2. The van der Waals surface area contributed by atoms with Crippen molar-refractivity contribution in [2.75, 3.05) is 23.7 Å². The SMILES string of the molecule is Nc1nc(N2CCC3(CCC(F)C3)CC2)cnc1Sc1cccnc1C(F)(F)F. The lowest BCUT2D eigenvalue weighted by Gasteiger charge is -2.39. The van der Waals surface area contributed by atoms with Gasteiger partial charge in [0, 0.05) is 24.2 Å². The summed E-state index contributed by atoms with van der Waals surface area (Å²) in [5, 5.41) is 0.205. The van der Waals surface area contributed by atoms with Gasteiger partial charge in [0.25, 0.3) is 0 Å². The van der Waals surface area contributed by atoms with Gasteiger partial charge < -0.3 is 10.6 Å². The summed E-state index contributed by atoms with van der Waals surface area (Å²) in [6, 6.07) is 2.77. The van der Waals surface area contributed by atoms with E-state index in [0.717, 1.165) is 50.3 Å². The van der Waals surface area contributed by atoms with Crippen molar-refractivity contribution in [1.29, 1.82) is 0 Å². The lowest BCUT2D eigenvalue weighted by Crippen LogP contribution is -2.39. The second-order valence-corrected chi connectivity index (χ2v) is 8.73. The van der Waals surface area contributed by atoms with Gasteiger partial charge in [-0.25, -0.2) is 14.4 Å². The number of halogens is 4. The Morgan fingerprint density at radius 2 is 1.93 bits per heavy atom. The number of aromatic nitrogens is 3. The monoisotopic (exact) mass is 427 g/mol. The van der Waals surface area contributed by atoms with Crippen LogP contribution < -0.4 is 10.6 Å². The topological polar surface area (TPSA) is 67.9 Å². The van der Waals surface area contributed by atoms with Crippen molar-refractivity contribution in [1.82, 2.24) is 15.0 Å². The number of rotatable bonds is 3. The Labute approximate surface area is 170 Å². The number of hydrogen-bond donors (Lipinski definition) is 1. The molecule has 2 fully saturated rings. The number of nitrogens with two attached hydrogens (primary N) is 1. The fourth-order valence-electron chi connectivity index (χ4n) is 4.20. The maximum Gasteiger partial charge on any atom is 0.434 e. The number of piperidine rings is 1. The molecule has 0 amide bonds. The smallest absolute Gasteiger partial charge is 0.381 e. The third kappa shape index (κ3) is 4.26. The molecule has 1 unspecified atom stereocenters. The summed E-state index contributed by atoms with van der Waals surface area (Å²) in [4.78, 5) is 14.0. The van der Waals surface area contributed by atoms with Crippen molar-refractivity contribution in [2.45, 2.75) is 54.4 Å². The van der Waals surface area contributed by atoms with Crippen molar-refractivity contribution < 1.29 is 17.6 Å². The zero-order valence-corrected chi connectivity index (χ0v) is 16.4. The van der Waals surface area contributed by atoms with E-state index >= 15 is 0 Å². The Balaban J connectivity index is 1.47. The van der Waals surface area contributed by atoms with Gasteiger partial charge >= 0.3 is 6.18 Å². The van der Waals surface area contributed by atoms with Crippen LogP contribution in [0.25, 0.3) is 0 Å². The van der Waals surface area contributed by atoms with E-state index in [2.05, 4.69) is 19.9 Å². The second kappa shape index (κ2) is 7.62. The predicted molar refractivity (Wildman–Crippen MR) is 102 cm³/mol. The molecule has 2 aromatic rings. The third-order valence-electron chi connectivity index (χ3n) is 5.79. The van der Waals surface area contributed by atoms with Crippen molar-refractivity contribution in [3.63, 3.8) is 0 Å². The summed E-state index contributed by atoms with van der Waals surface area (Å²) in [5.74, 6) is 0.674. The zero-order valence-electron chi connectivity index (χ0n) is 15.6. The van der Waals surface area contributed by atoms with Crippen LogP contribution in [0.1, 0.15) is 37.8 Å². The number of nitrogen functional groups attached to an aromatic ring is 1. The van der Waals surface area contributed by atoms with Crippen molar-refractivity contribution in [3.05, 3.63) is 30.2 Å². The molecule has 1 saturated heterocycles. The fraction of sp³-hybridized carbons (Fsp3) is 0.526. The largest absolute Gasteiger partial charge is 0.434 e. The minimum Gasteiger partial charge on any atom is -0.381 e. The van der Waals surface area contributed by atoms with E-state index in [9.17, 15) is 17.6 Å². The van der Waals surface area contributed by atoms with Gasteiger partial charge in [0.15, 0.2) is 11.5 Å². The van der Waals surface area contributed by atoms with Crippen LogP contribution >= 0.6 is 11.8 Å². The molecule has 1 saturated carbocycles. The van der Waals surface area contributed by atoms with Gasteiger partial charge in [-0.1, -0.05) is 11.8 Å². The lowest BCUT2D eigenvalue weighted by atomic mass is 9.77. The van der Waals surface area contributed by atoms with Crippen LogP contribution in [-0.4, -0.2) is 34.2 Å². The first-order chi connectivity index (χ1) is 13.8. The molecule has 156 valence electrons. The molecule has 4 rings (SSSR count). The first-order valence-corrected chi connectivity index (χ1v) is 10.3. The Bertz CT molecular complexity index is 883. The molecule has 1 aliphatic heterocycles. The molecule has 5 nitrogen and oxygen atoms in total. The normalized spacial score (nSPS) is 21.7. The standard InChI is InChI=1S/C19H21F4N5S/c20-12-3-4-18(10-12)5-8-28(9-6-18)14-11-26-17(16(24)27-14)29-13-2-1-7-25-15(13)19(21,22)23/h1-2,7,11-12H,3-6,8-10H2,(H2,24,27). The molecular formula is C19H21F4N5S. The molecule has 3 heterocycles. The first-order valence-electron chi connectivity index (χ1n) is 9.47. The number of hydrogen-bond acceptors (Lipinski definition) is 6. The van der Waals surface area contributed by atoms with Crippen LogP contribution in [0.2, 0.25) is 0 Å². The average molecular weight is 427 g/mol. The minimum absolute atomic E-state index is 0.0734. The third-order valence-corrected chi connectivity index (χ3v) is 6.84. The first kappa shape index (κ1) is 20.2. The highest BCUT2D eigenvalue weighted by Gasteiger charge is 2.41. The van der Waals surface area contributed by atoms with Crippen LogP contribution in [0.4, 0.5) is 29.2 Å². The molecule has 1 atom stereocenters. The van der Waals surface area contributed by atoms with E-state index in [1.807, 2.05) is 0 Å². The van der Waals surface area contributed by atoms with Crippen LogP contribution in [0.3, 0.4) is 0 Å². The van der Waals surface area contributed by atoms with Crippen LogP contribution in [0.15, 0.2) is 34.4 Å². The summed E-state index contributed by atoms with van der Waals surface area (Å²) < 4.78 is 53.0. The quantitative estimate of drug-likeness (QED) is 0.714. The molecule has 29 heavy (non-hydrogen) atoms. The molecule has 1 aliphatic carbocycles. The van der Waals surface area contributed by atoms with E-state index in [0.29, 0.717) is 18.7 Å². The second-order valence-electron chi connectivity index (χ2n) is 7.70. The van der Waals surface area contributed by atoms with E-state index in [1.165, 1.54) is 18.3 Å².